The van der Waals surface area contributed by atoms with Crippen molar-refractivity contribution in [2.45, 2.75) is 12.1 Å². The van der Waals surface area contributed by atoms with E-state index in [0.717, 1.165) is 5.69 Å². The summed E-state index contributed by atoms with van der Waals surface area (Å²) in [6.07, 6.45) is 0. The number of hydrogen-bond acceptors (Lipinski definition) is 6. The van der Waals surface area contributed by atoms with Crippen LogP contribution in [-0.4, -0.2) is 36.8 Å². The number of carbonyl (C=O) groups excluding carboxylic acids is 1. The fourth-order valence-electron chi connectivity index (χ4n) is 1.19. The molecule has 0 saturated heterocycles. The molecule has 0 spiro atoms. The number of aromatic hydroxyl groups is 1. The van der Waals surface area contributed by atoms with Gasteiger partial charge >= 0.3 is 0 Å². The summed E-state index contributed by atoms with van der Waals surface area (Å²) >= 11 is 1.28. The lowest BCUT2D eigenvalue weighted by Gasteiger charge is -2.03. The van der Waals surface area contributed by atoms with Crippen LogP contribution in [0.15, 0.2) is 29.4 Å². The number of aromatic nitrogens is 4. The molecule has 1 aromatic carbocycles. The van der Waals surface area contributed by atoms with Crippen LogP contribution in [0.2, 0.25) is 0 Å². The Morgan fingerprint density at radius 3 is 2.76 bits per heavy atom. The van der Waals surface area contributed by atoms with Crippen LogP contribution in [0.1, 0.15) is 6.92 Å². The molecule has 0 bridgehead atoms. The number of rotatable bonds is 4. The summed E-state index contributed by atoms with van der Waals surface area (Å²) in [6.45, 7) is 1.52. The van der Waals surface area contributed by atoms with Gasteiger partial charge in [0.2, 0.25) is 5.16 Å². The lowest BCUT2D eigenvalue weighted by molar-refractivity contribution is -0.114. The maximum atomic E-state index is 10.9. The highest BCUT2D eigenvalue weighted by atomic mass is 32.2. The molecule has 0 atom stereocenters. The summed E-state index contributed by atoms with van der Waals surface area (Å²) in [6, 6.07) is 6.50. The first-order valence-electron chi connectivity index (χ1n) is 4.87. The molecule has 0 unspecified atom stereocenters. The van der Waals surface area contributed by atoms with Crippen LogP contribution in [0, 0.1) is 0 Å². The van der Waals surface area contributed by atoms with Crippen molar-refractivity contribution in [3.63, 3.8) is 0 Å². The average molecular weight is 250 g/mol. The molecule has 0 aliphatic carbocycles. The Morgan fingerprint density at radius 2 is 2.12 bits per heavy atom. The van der Waals surface area contributed by atoms with E-state index in [9.17, 15) is 9.90 Å². The van der Waals surface area contributed by atoms with Crippen LogP contribution < -0.4 is 0 Å². The average Bonchev–Trinajstić information content (AvgIpc) is 2.75. The minimum absolute atomic E-state index is 0.0651. The third kappa shape index (κ3) is 2.82. The van der Waals surface area contributed by atoms with Crippen LogP contribution in [0.5, 0.6) is 5.75 Å². The number of benzene rings is 1. The fourth-order valence-corrected chi connectivity index (χ4v) is 1.88. The molecule has 0 amide bonds. The Morgan fingerprint density at radius 1 is 1.41 bits per heavy atom. The van der Waals surface area contributed by atoms with Gasteiger partial charge in [0.1, 0.15) is 11.5 Å². The van der Waals surface area contributed by atoms with Crippen molar-refractivity contribution in [1.29, 1.82) is 0 Å². The third-order valence-electron chi connectivity index (χ3n) is 1.94. The van der Waals surface area contributed by atoms with Crippen molar-refractivity contribution in [3.05, 3.63) is 24.3 Å². The number of hydrogen-bond donors (Lipinski definition) is 1. The molecule has 0 aliphatic rings. The number of phenols is 1. The molecular weight excluding hydrogens is 240 g/mol. The zero-order chi connectivity index (χ0) is 12.3. The molecule has 88 valence electrons. The SMILES string of the molecule is CC(=O)CSc1nnnn1-c1ccc(O)cc1. The third-order valence-corrected chi connectivity index (χ3v) is 3.00. The van der Waals surface area contributed by atoms with Gasteiger partial charge in [0.25, 0.3) is 0 Å². The predicted molar refractivity (Wildman–Crippen MR) is 62.2 cm³/mol. The summed E-state index contributed by atoms with van der Waals surface area (Å²) in [7, 11) is 0. The maximum Gasteiger partial charge on any atom is 0.214 e. The van der Waals surface area contributed by atoms with E-state index in [2.05, 4.69) is 15.5 Å². The summed E-state index contributed by atoms with van der Waals surface area (Å²) in [5.74, 6) is 0.577. The van der Waals surface area contributed by atoms with E-state index < -0.39 is 0 Å². The van der Waals surface area contributed by atoms with E-state index in [1.807, 2.05) is 0 Å². The van der Waals surface area contributed by atoms with Crippen molar-refractivity contribution in [2.24, 2.45) is 0 Å². The van der Waals surface area contributed by atoms with Gasteiger partial charge in [-0.3, -0.25) is 4.79 Å². The number of phenolic OH excluding ortho intramolecular Hbond substituents is 1. The second-order valence-corrected chi connectivity index (χ2v) is 4.32. The number of carbonyl (C=O) groups is 1. The molecule has 0 aliphatic heterocycles. The van der Waals surface area contributed by atoms with Gasteiger partial charge in [-0.15, -0.1) is 5.10 Å². The highest BCUT2D eigenvalue weighted by Crippen LogP contribution is 2.19. The summed E-state index contributed by atoms with van der Waals surface area (Å²) in [5, 5.41) is 21.0. The smallest absolute Gasteiger partial charge is 0.214 e. The topological polar surface area (TPSA) is 80.9 Å². The van der Waals surface area contributed by atoms with Gasteiger partial charge in [0, 0.05) is 0 Å². The number of Topliss-reactive ketones (excluding diaryl/α,β-unsaturated/α-hetero) is 1. The Labute approximate surface area is 102 Å². The number of thioether (sulfide) groups is 1. The highest BCUT2D eigenvalue weighted by Gasteiger charge is 2.09. The first-order valence-corrected chi connectivity index (χ1v) is 5.85. The first-order chi connectivity index (χ1) is 8.16. The zero-order valence-electron chi connectivity index (χ0n) is 9.07. The van der Waals surface area contributed by atoms with Crippen LogP contribution in [0.3, 0.4) is 0 Å². The molecule has 7 heteroatoms. The molecule has 17 heavy (non-hydrogen) atoms. The van der Waals surface area contributed by atoms with E-state index in [-0.39, 0.29) is 11.5 Å². The molecule has 0 saturated carbocycles. The maximum absolute atomic E-state index is 10.9. The van der Waals surface area contributed by atoms with E-state index in [4.69, 9.17) is 0 Å². The number of tetrazole rings is 1. The lowest BCUT2D eigenvalue weighted by Crippen LogP contribution is -2.01. The first kappa shape index (κ1) is 11.6. The molecule has 1 N–H and O–H groups in total. The number of ketones is 1. The molecule has 0 fully saturated rings. The molecule has 1 aromatic heterocycles. The van der Waals surface area contributed by atoms with Gasteiger partial charge in [-0.05, 0) is 41.6 Å². The minimum atomic E-state index is 0.0651. The second kappa shape index (κ2) is 4.96. The van der Waals surface area contributed by atoms with Crippen molar-refractivity contribution < 1.29 is 9.90 Å². The van der Waals surface area contributed by atoms with Crippen molar-refractivity contribution >= 4 is 17.5 Å². The largest absolute Gasteiger partial charge is 0.508 e. The molecule has 6 nitrogen and oxygen atoms in total. The fraction of sp³-hybridized carbons (Fsp3) is 0.200. The molecule has 2 aromatic rings. The van der Waals surface area contributed by atoms with Crippen LogP contribution in [0.4, 0.5) is 0 Å². The van der Waals surface area contributed by atoms with E-state index in [1.165, 1.54) is 23.4 Å². The summed E-state index contributed by atoms with van der Waals surface area (Å²) in [5.41, 5.74) is 0.735. The molecule has 1 heterocycles. The highest BCUT2D eigenvalue weighted by molar-refractivity contribution is 7.99. The van der Waals surface area contributed by atoms with E-state index in [0.29, 0.717) is 10.9 Å². The van der Waals surface area contributed by atoms with Gasteiger partial charge in [-0.2, -0.15) is 4.68 Å². The Hall–Kier alpha value is -1.89. The Bertz CT molecular complexity index is 523. The van der Waals surface area contributed by atoms with Gasteiger partial charge in [0.15, 0.2) is 0 Å². The Kier molecular flexibility index (Phi) is 3.38. The standard InChI is InChI=1S/C10H10N4O2S/c1-7(15)6-17-10-11-12-13-14(10)8-2-4-9(16)5-3-8/h2-5,16H,6H2,1H3. The predicted octanol–water partition coefficient (Wildman–Crippen LogP) is 1.05. The van der Waals surface area contributed by atoms with Crippen molar-refractivity contribution in [1.82, 2.24) is 20.2 Å². The van der Waals surface area contributed by atoms with Crippen LogP contribution >= 0.6 is 11.8 Å². The molecular formula is C10H10N4O2S. The van der Waals surface area contributed by atoms with Crippen molar-refractivity contribution in [2.75, 3.05) is 5.75 Å². The van der Waals surface area contributed by atoms with Gasteiger partial charge in [0.05, 0.1) is 11.4 Å². The second-order valence-electron chi connectivity index (χ2n) is 3.38. The van der Waals surface area contributed by atoms with E-state index >= 15 is 0 Å². The summed E-state index contributed by atoms with van der Waals surface area (Å²) < 4.78 is 1.52. The normalized spacial score (nSPS) is 10.4. The molecule has 0 radical (unpaired) electrons. The van der Waals surface area contributed by atoms with Gasteiger partial charge in [-0.1, -0.05) is 11.8 Å². The van der Waals surface area contributed by atoms with Crippen LogP contribution in [-0.2, 0) is 4.79 Å². The van der Waals surface area contributed by atoms with Crippen LogP contribution in [0.25, 0.3) is 5.69 Å². The van der Waals surface area contributed by atoms with Gasteiger partial charge < -0.3 is 5.11 Å². The Balaban J connectivity index is 2.24. The zero-order valence-corrected chi connectivity index (χ0v) is 9.89. The molecule has 2 rings (SSSR count). The van der Waals surface area contributed by atoms with E-state index in [1.54, 1.807) is 24.3 Å². The monoisotopic (exact) mass is 250 g/mol. The summed E-state index contributed by atoms with van der Waals surface area (Å²) in [4.78, 5) is 10.9. The number of nitrogens with zero attached hydrogens (tertiary/aromatic N) is 4. The van der Waals surface area contributed by atoms with Gasteiger partial charge in [-0.25, -0.2) is 0 Å². The minimum Gasteiger partial charge on any atom is -0.508 e. The quantitative estimate of drug-likeness (QED) is 0.817. The lowest BCUT2D eigenvalue weighted by atomic mass is 10.3. The van der Waals surface area contributed by atoms with Crippen molar-refractivity contribution in [3.8, 4) is 11.4 Å².